The van der Waals surface area contributed by atoms with Crippen LogP contribution in [0.4, 0.5) is 15.9 Å². The molecule has 45 heavy (non-hydrogen) atoms. The van der Waals surface area contributed by atoms with Gasteiger partial charge in [-0.25, -0.2) is 22.8 Å². The minimum atomic E-state index is -3.06. The lowest BCUT2D eigenvalue weighted by molar-refractivity contribution is 0.0307. The molecule has 2 heterocycles. The van der Waals surface area contributed by atoms with Crippen LogP contribution in [0.3, 0.4) is 0 Å². The monoisotopic (exact) mass is 654 g/mol. The highest BCUT2D eigenvalue weighted by molar-refractivity contribution is 7.91. The summed E-state index contributed by atoms with van der Waals surface area (Å²) in [6, 6.07) is 15.4. The molecule has 0 spiro atoms. The minimum absolute atomic E-state index is 0.0999. The van der Waals surface area contributed by atoms with Crippen LogP contribution in [-0.4, -0.2) is 50.1 Å². The molecule has 0 saturated heterocycles. The van der Waals surface area contributed by atoms with E-state index in [9.17, 15) is 12.8 Å². The number of halogens is 2. The molecule has 5 rings (SSSR count). The second-order valence-electron chi connectivity index (χ2n) is 10.8. The number of rotatable bonds is 15. The van der Waals surface area contributed by atoms with E-state index in [0.29, 0.717) is 71.5 Å². The molecule has 0 aliphatic carbocycles. The number of sulfone groups is 1. The summed E-state index contributed by atoms with van der Waals surface area (Å²) in [7, 11) is -1.45. The molecule has 1 unspecified atom stereocenters. The Kier molecular flexibility index (Phi) is 10.4. The van der Waals surface area contributed by atoms with Crippen molar-refractivity contribution in [3.8, 4) is 11.5 Å². The van der Waals surface area contributed by atoms with Crippen molar-refractivity contribution in [2.45, 2.75) is 38.4 Å². The molecule has 12 heteroatoms. The number of nitrogens with one attached hydrogen (secondary N) is 2. The molecule has 0 bridgehead atoms. The van der Waals surface area contributed by atoms with Gasteiger partial charge < -0.3 is 24.8 Å². The number of fused-ring (bicyclic) bond motifs is 1. The molecular weight excluding hydrogens is 619 g/mol. The molecule has 2 N–H and O–H groups in total. The van der Waals surface area contributed by atoms with Crippen molar-refractivity contribution in [2.24, 2.45) is 0 Å². The van der Waals surface area contributed by atoms with Gasteiger partial charge >= 0.3 is 0 Å². The highest BCUT2D eigenvalue weighted by Crippen LogP contribution is 2.44. The number of methoxy groups -OCH3 is 1. The highest BCUT2D eigenvalue weighted by atomic mass is 35.5. The van der Waals surface area contributed by atoms with E-state index in [-0.39, 0.29) is 23.9 Å². The van der Waals surface area contributed by atoms with E-state index >= 15 is 0 Å². The van der Waals surface area contributed by atoms with E-state index in [4.69, 9.17) is 25.8 Å². The van der Waals surface area contributed by atoms with Gasteiger partial charge in [0.25, 0.3) is 0 Å². The lowest BCUT2D eigenvalue weighted by Crippen LogP contribution is -2.33. The van der Waals surface area contributed by atoms with Gasteiger partial charge in [-0.05, 0) is 61.0 Å². The van der Waals surface area contributed by atoms with Gasteiger partial charge in [-0.2, -0.15) is 0 Å². The molecule has 1 aromatic heterocycles. The van der Waals surface area contributed by atoms with Crippen LogP contribution in [0.25, 0.3) is 10.9 Å². The summed E-state index contributed by atoms with van der Waals surface area (Å²) in [5, 5.41) is 7.75. The Morgan fingerprint density at radius 3 is 2.67 bits per heavy atom. The number of nitrogens with zero attached hydrogens (tertiary/aromatic N) is 2. The Hall–Kier alpha value is -3.93. The predicted molar refractivity (Wildman–Crippen MR) is 175 cm³/mol. The Morgan fingerprint density at radius 2 is 1.93 bits per heavy atom. The first-order valence-electron chi connectivity index (χ1n) is 14.7. The Balaban J connectivity index is 1.35. The Labute approximate surface area is 267 Å². The van der Waals surface area contributed by atoms with E-state index in [2.05, 4.69) is 20.6 Å². The summed E-state index contributed by atoms with van der Waals surface area (Å²) in [6.45, 7) is 2.96. The maximum atomic E-state index is 13.5. The Morgan fingerprint density at radius 1 is 1.07 bits per heavy atom. The molecule has 0 amide bonds. The Bertz CT molecular complexity index is 1780. The first-order chi connectivity index (χ1) is 21.7. The average molecular weight is 655 g/mol. The van der Waals surface area contributed by atoms with Gasteiger partial charge in [-0.3, -0.25) is 0 Å². The number of anilines is 2. The first-order valence-corrected chi connectivity index (χ1v) is 16.9. The van der Waals surface area contributed by atoms with Crippen molar-refractivity contribution in [1.82, 2.24) is 15.3 Å². The van der Waals surface area contributed by atoms with Crippen LogP contribution in [0.15, 0.2) is 73.3 Å². The fraction of sp³-hybridized carbons (Fsp3) is 0.333. The molecule has 4 aromatic rings. The van der Waals surface area contributed by atoms with Gasteiger partial charge in [0.15, 0.2) is 9.84 Å². The number of ether oxygens (including phenoxy) is 3. The third-order valence-corrected chi connectivity index (χ3v) is 9.73. The number of aromatic nitrogens is 2. The van der Waals surface area contributed by atoms with Crippen molar-refractivity contribution >= 4 is 43.8 Å². The minimum Gasteiger partial charge on any atom is -0.496 e. The van der Waals surface area contributed by atoms with E-state index in [1.54, 1.807) is 37.6 Å². The number of benzene rings is 3. The quantitative estimate of drug-likeness (QED) is 0.135. The summed E-state index contributed by atoms with van der Waals surface area (Å²) in [4.78, 5) is 8.98. The largest absolute Gasteiger partial charge is 0.496 e. The molecule has 0 fully saturated rings. The van der Waals surface area contributed by atoms with Crippen LogP contribution in [0.5, 0.6) is 11.5 Å². The van der Waals surface area contributed by atoms with Crippen LogP contribution in [-0.2, 0) is 26.8 Å². The topological polar surface area (TPSA) is 112 Å². The zero-order valence-corrected chi connectivity index (χ0v) is 26.8. The summed E-state index contributed by atoms with van der Waals surface area (Å²) < 4.78 is 55.6. The third kappa shape index (κ3) is 8.02. The normalized spacial score (nSPS) is 16.1. The second-order valence-corrected chi connectivity index (χ2v) is 13.5. The zero-order chi connectivity index (χ0) is 31.9. The summed E-state index contributed by atoms with van der Waals surface area (Å²) in [5.41, 5.74) is 2.17. The van der Waals surface area contributed by atoms with Gasteiger partial charge in [0.05, 0.1) is 29.7 Å². The lowest BCUT2D eigenvalue weighted by Gasteiger charge is -2.31. The van der Waals surface area contributed by atoms with E-state index in [1.807, 2.05) is 31.2 Å². The van der Waals surface area contributed by atoms with Crippen LogP contribution in [0.1, 0.15) is 37.3 Å². The van der Waals surface area contributed by atoms with Gasteiger partial charge in [-0.15, -0.1) is 0 Å². The third-order valence-electron chi connectivity index (χ3n) is 7.57. The zero-order valence-electron chi connectivity index (χ0n) is 25.2. The predicted octanol–water partition coefficient (Wildman–Crippen LogP) is 6.69. The summed E-state index contributed by atoms with van der Waals surface area (Å²) in [5.74, 6) is 1.63. The molecule has 3 aromatic carbocycles. The number of hydrogen-bond acceptors (Lipinski definition) is 9. The molecule has 0 radical (unpaired) electrons. The highest BCUT2D eigenvalue weighted by Gasteiger charge is 2.38. The van der Waals surface area contributed by atoms with E-state index < -0.39 is 15.4 Å². The molecule has 1 atom stereocenters. The molecular formula is C33H36ClFN4O5S. The fourth-order valence-electron chi connectivity index (χ4n) is 5.32. The van der Waals surface area contributed by atoms with Gasteiger partial charge in [0, 0.05) is 47.8 Å². The molecule has 1 aliphatic heterocycles. The first kappa shape index (κ1) is 32.5. The lowest BCUT2D eigenvalue weighted by atomic mass is 9.86. The van der Waals surface area contributed by atoms with Gasteiger partial charge in [-0.1, -0.05) is 30.7 Å². The van der Waals surface area contributed by atoms with Crippen molar-refractivity contribution in [1.29, 1.82) is 0 Å². The van der Waals surface area contributed by atoms with E-state index in [1.165, 1.54) is 18.5 Å². The standard InChI is InChI=1S/C33H36ClFN4O5S/c1-3-15-45(40,41)16-13-36-12-11-33(10-5-14-44-33)27-19-26-29(20-31(27)42-2)37-22-38-32(26)39-25-8-9-30(28(34)18-25)43-21-23-6-4-7-24(35)17-23/h4-9,14,17-20,22,36H,3,10-13,15-16,21H2,1-2H3,(H,37,38,39). The molecule has 1 aliphatic rings. The molecule has 238 valence electrons. The van der Waals surface area contributed by atoms with Crippen molar-refractivity contribution < 1.29 is 27.0 Å². The maximum Gasteiger partial charge on any atom is 0.151 e. The molecule has 9 nitrogen and oxygen atoms in total. The SMILES string of the molecule is CCCS(=O)(=O)CCNCCC1(c2cc3c(Nc4ccc(OCc5cccc(F)c5)c(Cl)c4)ncnc3cc2OC)CC=CO1. The number of hydrogen-bond donors (Lipinski definition) is 2. The van der Waals surface area contributed by atoms with Crippen molar-refractivity contribution in [3.63, 3.8) is 0 Å². The van der Waals surface area contributed by atoms with Crippen LogP contribution in [0, 0.1) is 5.82 Å². The second kappa shape index (κ2) is 14.4. The van der Waals surface area contributed by atoms with Gasteiger partial charge in [0.2, 0.25) is 0 Å². The fourth-order valence-corrected chi connectivity index (χ4v) is 6.84. The van der Waals surface area contributed by atoms with Gasteiger partial charge in [0.1, 0.15) is 41.7 Å². The maximum absolute atomic E-state index is 13.5. The van der Waals surface area contributed by atoms with Crippen LogP contribution < -0.4 is 20.1 Å². The van der Waals surface area contributed by atoms with E-state index in [0.717, 1.165) is 10.9 Å². The summed E-state index contributed by atoms with van der Waals surface area (Å²) >= 11 is 6.54. The smallest absolute Gasteiger partial charge is 0.151 e. The summed E-state index contributed by atoms with van der Waals surface area (Å²) in [6.07, 6.45) is 6.94. The van der Waals surface area contributed by atoms with Crippen LogP contribution in [0.2, 0.25) is 5.02 Å². The van der Waals surface area contributed by atoms with Crippen LogP contribution >= 0.6 is 11.6 Å². The van der Waals surface area contributed by atoms with Crippen molar-refractivity contribution in [2.75, 3.05) is 37.0 Å². The average Bonchev–Trinajstić information content (AvgIpc) is 3.50. The molecule has 0 saturated carbocycles. The van der Waals surface area contributed by atoms with Crippen molar-refractivity contribution in [3.05, 3.63) is 95.2 Å².